The molecule has 2 aromatic rings. The van der Waals surface area contributed by atoms with E-state index in [4.69, 9.17) is 5.73 Å². The average Bonchev–Trinajstić information content (AvgIpc) is 2.63. The lowest BCUT2D eigenvalue weighted by Crippen LogP contribution is -2.42. The standard InChI is InChI=1S/C19H23FN4O/c1-22-19(23-12-15-5-3-2-4-6-15)24-13-16(18(21)25)11-14-7-9-17(20)10-8-14/h2-10,16H,11-13H2,1H3,(H2,21,25)(H2,22,23,24). The number of aliphatic imine (C=N–C) groups is 1. The van der Waals surface area contributed by atoms with Crippen molar-refractivity contribution in [3.63, 3.8) is 0 Å². The number of primary amides is 1. The molecule has 0 saturated heterocycles. The summed E-state index contributed by atoms with van der Waals surface area (Å²) in [5.74, 6) is -0.534. The summed E-state index contributed by atoms with van der Waals surface area (Å²) < 4.78 is 13.0. The maximum atomic E-state index is 13.0. The third-order valence-corrected chi connectivity index (χ3v) is 3.84. The number of nitrogens with zero attached hydrogens (tertiary/aromatic N) is 1. The maximum Gasteiger partial charge on any atom is 0.222 e. The Balaban J connectivity index is 1.88. The Morgan fingerprint density at radius 2 is 1.76 bits per heavy atom. The quantitative estimate of drug-likeness (QED) is 0.531. The van der Waals surface area contributed by atoms with Crippen LogP contribution in [-0.2, 0) is 17.8 Å². The van der Waals surface area contributed by atoms with Gasteiger partial charge in [0.05, 0.1) is 5.92 Å². The smallest absolute Gasteiger partial charge is 0.222 e. The van der Waals surface area contributed by atoms with Crippen molar-refractivity contribution in [1.29, 1.82) is 0 Å². The molecule has 1 atom stereocenters. The lowest BCUT2D eigenvalue weighted by molar-refractivity contribution is -0.121. The number of guanidine groups is 1. The third kappa shape index (κ3) is 6.25. The Hall–Kier alpha value is -2.89. The van der Waals surface area contributed by atoms with Crippen molar-refractivity contribution in [2.45, 2.75) is 13.0 Å². The van der Waals surface area contributed by atoms with Crippen molar-refractivity contribution in [3.8, 4) is 0 Å². The molecule has 2 rings (SSSR count). The predicted molar refractivity (Wildman–Crippen MR) is 97.4 cm³/mol. The summed E-state index contributed by atoms with van der Waals surface area (Å²) in [6.07, 6.45) is 0.443. The van der Waals surface area contributed by atoms with Gasteiger partial charge >= 0.3 is 0 Å². The molecule has 2 aromatic carbocycles. The van der Waals surface area contributed by atoms with E-state index in [1.807, 2.05) is 30.3 Å². The summed E-state index contributed by atoms with van der Waals surface area (Å²) in [6, 6.07) is 16.0. The van der Waals surface area contributed by atoms with Gasteiger partial charge in [-0.05, 0) is 29.7 Å². The second-order valence-electron chi connectivity index (χ2n) is 5.72. The maximum absolute atomic E-state index is 13.0. The first-order chi connectivity index (χ1) is 12.1. The van der Waals surface area contributed by atoms with Gasteiger partial charge in [0.25, 0.3) is 0 Å². The fraction of sp³-hybridized carbons (Fsp3) is 0.263. The lowest BCUT2D eigenvalue weighted by Gasteiger charge is -2.17. The summed E-state index contributed by atoms with van der Waals surface area (Å²) in [4.78, 5) is 15.8. The monoisotopic (exact) mass is 342 g/mol. The molecule has 0 spiro atoms. The number of amides is 1. The van der Waals surface area contributed by atoms with Crippen molar-refractivity contribution >= 4 is 11.9 Å². The van der Waals surface area contributed by atoms with Crippen molar-refractivity contribution in [3.05, 3.63) is 71.5 Å². The van der Waals surface area contributed by atoms with E-state index in [-0.39, 0.29) is 5.82 Å². The molecule has 0 fully saturated rings. The molecule has 0 bridgehead atoms. The van der Waals surface area contributed by atoms with Crippen LogP contribution in [0, 0.1) is 11.7 Å². The Labute approximate surface area is 147 Å². The highest BCUT2D eigenvalue weighted by atomic mass is 19.1. The van der Waals surface area contributed by atoms with Gasteiger partial charge in [-0.15, -0.1) is 0 Å². The normalized spacial score (nSPS) is 12.5. The molecular weight excluding hydrogens is 319 g/mol. The topological polar surface area (TPSA) is 79.5 Å². The van der Waals surface area contributed by atoms with Crippen molar-refractivity contribution in [2.75, 3.05) is 13.6 Å². The second-order valence-corrected chi connectivity index (χ2v) is 5.72. The molecule has 0 radical (unpaired) electrons. The molecule has 0 aromatic heterocycles. The van der Waals surface area contributed by atoms with E-state index >= 15 is 0 Å². The fourth-order valence-corrected chi connectivity index (χ4v) is 2.40. The Kier molecular flexibility index (Phi) is 6.95. The van der Waals surface area contributed by atoms with Gasteiger partial charge < -0.3 is 16.4 Å². The van der Waals surface area contributed by atoms with E-state index < -0.39 is 11.8 Å². The van der Waals surface area contributed by atoms with Crippen LogP contribution in [0.2, 0.25) is 0 Å². The van der Waals surface area contributed by atoms with Crippen LogP contribution in [-0.4, -0.2) is 25.5 Å². The van der Waals surface area contributed by atoms with Crippen LogP contribution in [0.15, 0.2) is 59.6 Å². The van der Waals surface area contributed by atoms with E-state index in [0.29, 0.717) is 25.5 Å². The number of hydrogen-bond acceptors (Lipinski definition) is 2. The summed E-state index contributed by atoms with van der Waals surface area (Å²) in [7, 11) is 1.67. The van der Waals surface area contributed by atoms with Gasteiger partial charge in [0, 0.05) is 20.1 Å². The van der Waals surface area contributed by atoms with Gasteiger partial charge in [0.1, 0.15) is 5.82 Å². The van der Waals surface area contributed by atoms with E-state index in [1.54, 1.807) is 19.2 Å². The zero-order valence-corrected chi connectivity index (χ0v) is 14.2. The number of carbonyl (C=O) groups is 1. The summed E-state index contributed by atoms with van der Waals surface area (Å²) in [5.41, 5.74) is 7.48. The molecule has 0 aliphatic rings. The Bertz CT molecular complexity index is 701. The summed E-state index contributed by atoms with van der Waals surface area (Å²) >= 11 is 0. The second kappa shape index (κ2) is 9.42. The number of rotatable bonds is 7. The first-order valence-corrected chi connectivity index (χ1v) is 8.10. The van der Waals surface area contributed by atoms with Crippen LogP contribution in [0.1, 0.15) is 11.1 Å². The molecule has 1 amide bonds. The highest BCUT2D eigenvalue weighted by molar-refractivity contribution is 5.81. The predicted octanol–water partition coefficient (Wildman–Crippen LogP) is 1.83. The van der Waals surface area contributed by atoms with Crippen LogP contribution in [0.3, 0.4) is 0 Å². The van der Waals surface area contributed by atoms with Crippen LogP contribution in [0.5, 0.6) is 0 Å². The van der Waals surface area contributed by atoms with Gasteiger partial charge in [-0.1, -0.05) is 42.5 Å². The molecule has 25 heavy (non-hydrogen) atoms. The molecule has 0 aliphatic heterocycles. The van der Waals surface area contributed by atoms with E-state index in [0.717, 1.165) is 11.1 Å². The van der Waals surface area contributed by atoms with Crippen molar-refractivity contribution in [1.82, 2.24) is 10.6 Å². The molecule has 0 saturated carbocycles. The van der Waals surface area contributed by atoms with Gasteiger partial charge in [-0.3, -0.25) is 9.79 Å². The number of halogens is 1. The average molecular weight is 342 g/mol. The molecular formula is C19H23FN4O. The number of nitrogens with two attached hydrogens (primary N) is 1. The molecule has 5 nitrogen and oxygen atoms in total. The van der Waals surface area contributed by atoms with Crippen molar-refractivity contribution < 1.29 is 9.18 Å². The molecule has 0 aliphatic carbocycles. The summed E-state index contributed by atoms with van der Waals surface area (Å²) in [6.45, 7) is 0.973. The fourth-order valence-electron chi connectivity index (χ4n) is 2.40. The van der Waals surface area contributed by atoms with Crippen LogP contribution in [0.4, 0.5) is 4.39 Å². The number of benzene rings is 2. The minimum Gasteiger partial charge on any atom is -0.369 e. The van der Waals surface area contributed by atoms with Crippen molar-refractivity contribution in [2.24, 2.45) is 16.6 Å². The Morgan fingerprint density at radius 1 is 1.08 bits per heavy atom. The first-order valence-electron chi connectivity index (χ1n) is 8.10. The van der Waals surface area contributed by atoms with E-state index in [2.05, 4.69) is 15.6 Å². The third-order valence-electron chi connectivity index (χ3n) is 3.84. The minimum absolute atomic E-state index is 0.303. The first kappa shape index (κ1) is 18.4. The van der Waals surface area contributed by atoms with Crippen LogP contribution >= 0.6 is 0 Å². The number of carbonyl (C=O) groups excluding carboxylic acids is 1. The molecule has 1 unspecified atom stereocenters. The number of nitrogens with one attached hydrogen (secondary N) is 2. The molecule has 132 valence electrons. The van der Waals surface area contributed by atoms with Crippen LogP contribution < -0.4 is 16.4 Å². The van der Waals surface area contributed by atoms with Gasteiger partial charge in [-0.2, -0.15) is 0 Å². The SMILES string of the molecule is CN=C(NCc1ccccc1)NCC(Cc1ccc(F)cc1)C(N)=O. The zero-order valence-electron chi connectivity index (χ0n) is 14.2. The van der Waals surface area contributed by atoms with Gasteiger partial charge in [0.15, 0.2) is 5.96 Å². The highest BCUT2D eigenvalue weighted by Gasteiger charge is 2.16. The number of hydrogen-bond donors (Lipinski definition) is 3. The molecule has 4 N–H and O–H groups in total. The van der Waals surface area contributed by atoms with Gasteiger partial charge in [-0.25, -0.2) is 4.39 Å². The Morgan fingerprint density at radius 3 is 2.36 bits per heavy atom. The van der Waals surface area contributed by atoms with Gasteiger partial charge in [0.2, 0.25) is 5.91 Å². The van der Waals surface area contributed by atoms with E-state index in [1.165, 1.54) is 12.1 Å². The largest absolute Gasteiger partial charge is 0.369 e. The molecule has 0 heterocycles. The minimum atomic E-state index is -0.416. The molecule has 6 heteroatoms. The van der Waals surface area contributed by atoms with Crippen LogP contribution in [0.25, 0.3) is 0 Å². The van der Waals surface area contributed by atoms with E-state index in [9.17, 15) is 9.18 Å². The highest BCUT2D eigenvalue weighted by Crippen LogP contribution is 2.09. The summed E-state index contributed by atoms with van der Waals surface area (Å²) in [5, 5.41) is 6.31. The zero-order chi connectivity index (χ0) is 18.1. The lowest BCUT2D eigenvalue weighted by atomic mass is 9.98.